The lowest BCUT2D eigenvalue weighted by atomic mass is 10.2. The molecule has 1 aliphatic heterocycles. The van der Waals surface area contributed by atoms with Crippen molar-refractivity contribution in [2.45, 2.75) is 25.4 Å². The molecule has 80 valence electrons. The third kappa shape index (κ3) is 4.99. The molecule has 1 heterocycles. The predicted molar refractivity (Wildman–Crippen MR) is 53.2 cm³/mol. The van der Waals surface area contributed by atoms with Crippen LogP contribution in [0.25, 0.3) is 0 Å². The largest absolute Gasteiger partial charge is 0.478 e. The van der Waals surface area contributed by atoms with Crippen molar-refractivity contribution in [1.82, 2.24) is 5.32 Å². The Bertz CT molecular complexity index is 198. The molecular formula is C10H17NO3. The van der Waals surface area contributed by atoms with Gasteiger partial charge < -0.3 is 15.2 Å². The normalized spacial score (nSPS) is 21.9. The van der Waals surface area contributed by atoms with Gasteiger partial charge in [0.15, 0.2) is 0 Å². The van der Waals surface area contributed by atoms with Crippen LogP contribution >= 0.6 is 0 Å². The van der Waals surface area contributed by atoms with Crippen LogP contribution in [0.2, 0.25) is 0 Å². The minimum atomic E-state index is -0.897. The summed E-state index contributed by atoms with van der Waals surface area (Å²) in [6, 6.07) is 0. The van der Waals surface area contributed by atoms with Gasteiger partial charge in [0.2, 0.25) is 0 Å². The van der Waals surface area contributed by atoms with Crippen LogP contribution in [0.1, 0.15) is 19.3 Å². The molecule has 0 aromatic rings. The summed E-state index contributed by atoms with van der Waals surface area (Å²) in [7, 11) is 0. The van der Waals surface area contributed by atoms with Crippen molar-refractivity contribution in [3.63, 3.8) is 0 Å². The van der Waals surface area contributed by atoms with Gasteiger partial charge in [0.05, 0.1) is 6.10 Å². The van der Waals surface area contributed by atoms with E-state index in [-0.39, 0.29) is 0 Å². The summed E-state index contributed by atoms with van der Waals surface area (Å²) in [6.07, 6.45) is 6.51. The second kappa shape index (κ2) is 6.56. The van der Waals surface area contributed by atoms with Crippen LogP contribution in [0.15, 0.2) is 12.2 Å². The summed E-state index contributed by atoms with van der Waals surface area (Å²) < 4.78 is 5.45. The van der Waals surface area contributed by atoms with E-state index >= 15 is 0 Å². The highest BCUT2D eigenvalue weighted by atomic mass is 16.5. The molecule has 1 aliphatic rings. The van der Waals surface area contributed by atoms with Crippen LogP contribution in [0.5, 0.6) is 0 Å². The van der Waals surface area contributed by atoms with Crippen LogP contribution < -0.4 is 5.32 Å². The first-order valence-corrected chi connectivity index (χ1v) is 5.01. The zero-order chi connectivity index (χ0) is 10.2. The van der Waals surface area contributed by atoms with Crippen molar-refractivity contribution in [1.29, 1.82) is 0 Å². The number of ether oxygens (including phenoxy) is 1. The van der Waals surface area contributed by atoms with Gasteiger partial charge in [-0.05, 0) is 25.8 Å². The number of nitrogens with one attached hydrogen (secondary N) is 1. The number of carbonyl (C=O) groups is 1. The van der Waals surface area contributed by atoms with Crippen molar-refractivity contribution in [2.75, 3.05) is 19.7 Å². The molecule has 0 aromatic heterocycles. The van der Waals surface area contributed by atoms with Crippen molar-refractivity contribution in [3.8, 4) is 0 Å². The van der Waals surface area contributed by atoms with Crippen molar-refractivity contribution >= 4 is 5.97 Å². The fourth-order valence-electron chi connectivity index (χ4n) is 1.48. The SMILES string of the molecule is O=C(O)/C=C/CNCCC1CCCO1. The summed E-state index contributed by atoms with van der Waals surface area (Å²) in [5.74, 6) is -0.897. The molecule has 0 aliphatic carbocycles. The van der Waals surface area contributed by atoms with E-state index in [1.54, 1.807) is 6.08 Å². The lowest BCUT2D eigenvalue weighted by Gasteiger charge is -2.08. The fourth-order valence-corrected chi connectivity index (χ4v) is 1.48. The number of hydrogen-bond acceptors (Lipinski definition) is 3. The van der Waals surface area contributed by atoms with Crippen LogP contribution in [-0.2, 0) is 9.53 Å². The Morgan fingerprint density at radius 3 is 3.14 bits per heavy atom. The van der Waals surface area contributed by atoms with Crippen molar-refractivity contribution in [3.05, 3.63) is 12.2 Å². The molecule has 1 saturated heterocycles. The Kier molecular flexibility index (Phi) is 5.25. The predicted octanol–water partition coefficient (Wildman–Crippen LogP) is 0.786. The van der Waals surface area contributed by atoms with Crippen LogP contribution in [0, 0.1) is 0 Å². The maximum absolute atomic E-state index is 10.1. The van der Waals surface area contributed by atoms with E-state index in [0.717, 1.165) is 32.1 Å². The first-order valence-electron chi connectivity index (χ1n) is 5.01. The summed E-state index contributed by atoms with van der Waals surface area (Å²) in [5, 5.41) is 11.4. The standard InChI is InChI=1S/C10H17NO3/c12-10(13)4-1-6-11-7-5-9-3-2-8-14-9/h1,4,9,11H,2-3,5-8H2,(H,12,13)/b4-1+. The number of carboxylic acids is 1. The van der Waals surface area contributed by atoms with E-state index in [2.05, 4.69) is 5.32 Å². The summed E-state index contributed by atoms with van der Waals surface area (Å²) in [5.41, 5.74) is 0. The van der Waals surface area contributed by atoms with E-state index in [9.17, 15) is 4.79 Å². The first kappa shape index (κ1) is 11.2. The smallest absolute Gasteiger partial charge is 0.328 e. The molecule has 4 nitrogen and oxygen atoms in total. The molecule has 2 N–H and O–H groups in total. The average Bonchev–Trinajstić information content (AvgIpc) is 2.63. The van der Waals surface area contributed by atoms with Crippen molar-refractivity contribution in [2.24, 2.45) is 0 Å². The lowest BCUT2D eigenvalue weighted by Crippen LogP contribution is -2.20. The first-order chi connectivity index (χ1) is 6.79. The highest BCUT2D eigenvalue weighted by molar-refractivity contribution is 5.79. The highest BCUT2D eigenvalue weighted by Crippen LogP contribution is 2.14. The van der Waals surface area contributed by atoms with E-state index < -0.39 is 5.97 Å². The van der Waals surface area contributed by atoms with E-state index in [1.807, 2.05) is 0 Å². The van der Waals surface area contributed by atoms with Gasteiger partial charge in [-0.15, -0.1) is 0 Å². The second-order valence-corrected chi connectivity index (χ2v) is 3.37. The lowest BCUT2D eigenvalue weighted by molar-refractivity contribution is -0.131. The van der Waals surface area contributed by atoms with Gasteiger partial charge in [-0.3, -0.25) is 0 Å². The molecule has 0 radical (unpaired) electrons. The molecule has 1 unspecified atom stereocenters. The number of aliphatic carboxylic acids is 1. The minimum absolute atomic E-state index is 0.408. The van der Waals surface area contributed by atoms with Gasteiger partial charge in [-0.25, -0.2) is 4.79 Å². The fraction of sp³-hybridized carbons (Fsp3) is 0.700. The van der Waals surface area contributed by atoms with Gasteiger partial charge in [0, 0.05) is 19.2 Å². The molecule has 4 heteroatoms. The third-order valence-electron chi connectivity index (χ3n) is 2.19. The molecule has 0 amide bonds. The van der Waals surface area contributed by atoms with Gasteiger partial charge in [0.1, 0.15) is 0 Å². The molecular weight excluding hydrogens is 182 g/mol. The molecule has 14 heavy (non-hydrogen) atoms. The second-order valence-electron chi connectivity index (χ2n) is 3.37. The van der Waals surface area contributed by atoms with E-state index in [4.69, 9.17) is 9.84 Å². The highest BCUT2D eigenvalue weighted by Gasteiger charge is 2.13. The number of rotatable bonds is 6. The maximum Gasteiger partial charge on any atom is 0.328 e. The van der Waals surface area contributed by atoms with E-state index in [1.165, 1.54) is 6.42 Å². The Morgan fingerprint density at radius 1 is 1.64 bits per heavy atom. The van der Waals surface area contributed by atoms with Gasteiger partial charge in [-0.2, -0.15) is 0 Å². The van der Waals surface area contributed by atoms with Crippen LogP contribution in [0.3, 0.4) is 0 Å². The summed E-state index contributed by atoms with van der Waals surface area (Å²) >= 11 is 0. The average molecular weight is 199 g/mol. The van der Waals surface area contributed by atoms with Crippen LogP contribution in [-0.4, -0.2) is 36.9 Å². The molecule has 1 fully saturated rings. The Hall–Kier alpha value is -0.870. The Morgan fingerprint density at radius 2 is 2.50 bits per heavy atom. The number of hydrogen-bond donors (Lipinski definition) is 2. The zero-order valence-electron chi connectivity index (χ0n) is 8.24. The van der Waals surface area contributed by atoms with Crippen LogP contribution in [0.4, 0.5) is 0 Å². The Balaban J connectivity index is 1.91. The Labute approximate surface area is 83.9 Å². The molecule has 0 aromatic carbocycles. The minimum Gasteiger partial charge on any atom is -0.478 e. The van der Waals surface area contributed by atoms with E-state index in [0.29, 0.717) is 12.6 Å². The molecule has 0 saturated carbocycles. The topological polar surface area (TPSA) is 58.6 Å². The number of carboxylic acid groups (broad SMARTS) is 1. The third-order valence-corrected chi connectivity index (χ3v) is 2.19. The van der Waals surface area contributed by atoms with Crippen molar-refractivity contribution < 1.29 is 14.6 Å². The maximum atomic E-state index is 10.1. The molecule has 1 rings (SSSR count). The monoisotopic (exact) mass is 199 g/mol. The summed E-state index contributed by atoms with van der Waals surface area (Å²) in [6.45, 7) is 2.39. The van der Waals surface area contributed by atoms with Gasteiger partial charge >= 0.3 is 5.97 Å². The molecule has 0 spiro atoms. The van der Waals surface area contributed by atoms with Gasteiger partial charge in [-0.1, -0.05) is 6.08 Å². The molecule has 0 bridgehead atoms. The van der Waals surface area contributed by atoms with Gasteiger partial charge in [0.25, 0.3) is 0 Å². The molecule has 1 atom stereocenters. The quantitative estimate of drug-likeness (QED) is 0.490. The zero-order valence-corrected chi connectivity index (χ0v) is 8.24. The summed E-state index contributed by atoms with van der Waals surface area (Å²) in [4.78, 5) is 10.1.